The minimum absolute atomic E-state index is 0.0660. The molecule has 1 atom stereocenters. The fourth-order valence-corrected chi connectivity index (χ4v) is 3.45. The van der Waals surface area contributed by atoms with Crippen molar-refractivity contribution in [3.8, 4) is 17.2 Å². The maximum Gasteiger partial charge on any atom is 0.227 e. The maximum absolute atomic E-state index is 13.1. The molecule has 28 heavy (non-hydrogen) atoms. The van der Waals surface area contributed by atoms with E-state index in [2.05, 4.69) is 4.90 Å². The van der Waals surface area contributed by atoms with Crippen LogP contribution in [0.4, 0.5) is 0 Å². The smallest absolute Gasteiger partial charge is 0.227 e. The third kappa shape index (κ3) is 4.75. The van der Waals surface area contributed by atoms with E-state index in [-0.39, 0.29) is 12.0 Å². The number of rotatable bonds is 6. The lowest BCUT2D eigenvalue weighted by Crippen LogP contribution is -2.42. The Bertz CT molecular complexity index is 822. The lowest BCUT2D eigenvalue weighted by Gasteiger charge is -2.26. The van der Waals surface area contributed by atoms with Crippen molar-refractivity contribution in [2.75, 3.05) is 41.4 Å². The van der Waals surface area contributed by atoms with Gasteiger partial charge in [-0.25, -0.2) is 0 Å². The molecule has 150 valence electrons. The van der Waals surface area contributed by atoms with Crippen molar-refractivity contribution >= 4 is 5.91 Å². The van der Waals surface area contributed by atoms with Gasteiger partial charge in [-0.2, -0.15) is 0 Å². The van der Waals surface area contributed by atoms with Crippen LogP contribution in [-0.2, 0) is 17.8 Å². The summed E-state index contributed by atoms with van der Waals surface area (Å²) in [6.45, 7) is 1.85. The van der Waals surface area contributed by atoms with E-state index in [4.69, 9.17) is 14.2 Å². The van der Waals surface area contributed by atoms with Gasteiger partial charge in [-0.15, -0.1) is 0 Å². The van der Waals surface area contributed by atoms with E-state index in [9.17, 15) is 4.79 Å². The molecule has 2 aromatic rings. The summed E-state index contributed by atoms with van der Waals surface area (Å²) in [5.41, 5.74) is 1.93. The number of nitrogens with zero attached hydrogens (tertiary/aromatic N) is 2. The molecule has 0 bridgehead atoms. The molecular weight excluding hydrogens is 356 g/mol. The van der Waals surface area contributed by atoms with Crippen molar-refractivity contribution in [1.29, 1.82) is 0 Å². The van der Waals surface area contributed by atoms with Gasteiger partial charge < -0.3 is 24.0 Å². The van der Waals surface area contributed by atoms with E-state index in [0.717, 1.165) is 23.4 Å². The molecule has 1 heterocycles. The van der Waals surface area contributed by atoms with Crippen LogP contribution < -0.4 is 14.2 Å². The zero-order chi connectivity index (χ0) is 20.1. The van der Waals surface area contributed by atoms with Crippen LogP contribution in [0, 0.1) is 0 Å². The number of ether oxygens (including phenoxy) is 3. The molecule has 0 saturated carbocycles. The third-order valence-corrected chi connectivity index (χ3v) is 4.78. The minimum Gasteiger partial charge on any atom is -0.493 e. The summed E-state index contributed by atoms with van der Waals surface area (Å²) in [6, 6.07) is 13.5. The van der Waals surface area contributed by atoms with Gasteiger partial charge in [0, 0.05) is 18.7 Å². The maximum atomic E-state index is 13.1. The lowest BCUT2D eigenvalue weighted by molar-refractivity contribution is -0.132. The summed E-state index contributed by atoms with van der Waals surface area (Å²) < 4.78 is 16.8. The average molecular weight is 384 g/mol. The van der Waals surface area contributed by atoms with Gasteiger partial charge in [-0.3, -0.25) is 4.79 Å². The molecule has 6 heteroatoms. The van der Waals surface area contributed by atoms with Gasteiger partial charge in [0.2, 0.25) is 5.91 Å². The number of carbonyl (C=O) groups excluding carboxylic acids is 1. The standard InChI is InChI=1S/C22H28N2O4/c1-23(2)14-18-15-24(13-17-7-5-6-8-19(17)28-18)22(25)12-16-9-10-20(26-3)21(11-16)27-4/h5-11,18H,12-15H2,1-4H3/t18-/m1/s1. The third-order valence-electron chi connectivity index (χ3n) is 4.78. The summed E-state index contributed by atoms with van der Waals surface area (Å²) in [4.78, 5) is 17.1. The number of benzene rings is 2. The van der Waals surface area contributed by atoms with Crippen molar-refractivity contribution in [2.24, 2.45) is 0 Å². The SMILES string of the molecule is COc1ccc(CC(=O)N2Cc3ccccc3O[C@H](CN(C)C)C2)cc1OC. The van der Waals surface area contributed by atoms with Crippen molar-refractivity contribution < 1.29 is 19.0 Å². The second-order valence-corrected chi connectivity index (χ2v) is 7.25. The van der Waals surface area contributed by atoms with Crippen LogP contribution in [0.2, 0.25) is 0 Å². The highest BCUT2D eigenvalue weighted by Crippen LogP contribution is 2.29. The molecular formula is C22H28N2O4. The Hall–Kier alpha value is -2.73. The van der Waals surface area contributed by atoms with Crippen LogP contribution in [0.1, 0.15) is 11.1 Å². The molecule has 0 saturated heterocycles. The highest BCUT2D eigenvalue weighted by molar-refractivity contribution is 5.79. The summed E-state index contributed by atoms with van der Waals surface area (Å²) >= 11 is 0. The van der Waals surface area contributed by atoms with Gasteiger partial charge in [-0.1, -0.05) is 24.3 Å². The first-order valence-electron chi connectivity index (χ1n) is 9.38. The van der Waals surface area contributed by atoms with Gasteiger partial charge >= 0.3 is 0 Å². The second-order valence-electron chi connectivity index (χ2n) is 7.25. The molecule has 1 aliphatic heterocycles. The highest BCUT2D eigenvalue weighted by Gasteiger charge is 2.26. The van der Waals surface area contributed by atoms with Crippen molar-refractivity contribution in [3.63, 3.8) is 0 Å². The number of likely N-dealkylation sites (N-methyl/N-ethyl adjacent to an activating group) is 1. The first kappa shape index (κ1) is 20.0. The molecule has 0 radical (unpaired) electrons. The van der Waals surface area contributed by atoms with E-state index < -0.39 is 0 Å². The predicted molar refractivity (Wildman–Crippen MR) is 108 cm³/mol. The molecule has 6 nitrogen and oxygen atoms in total. The topological polar surface area (TPSA) is 51.2 Å². The van der Waals surface area contributed by atoms with Gasteiger partial charge in [0.1, 0.15) is 11.9 Å². The zero-order valence-corrected chi connectivity index (χ0v) is 17.0. The van der Waals surface area contributed by atoms with Crippen molar-refractivity contribution in [2.45, 2.75) is 19.1 Å². The number of amides is 1. The molecule has 2 aromatic carbocycles. The van der Waals surface area contributed by atoms with Crippen LogP contribution in [-0.4, -0.2) is 63.2 Å². The molecule has 0 spiro atoms. The normalized spacial score (nSPS) is 16.2. The van der Waals surface area contributed by atoms with Crippen molar-refractivity contribution in [3.05, 3.63) is 53.6 Å². The van der Waals surface area contributed by atoms with Crippen LogP contribution >= 0.6 is 0 Å². The van der Waals surface area contributed by atoms with Crippen LogP contribution in [0.15, 0.2) is 42.5 Å². The predicted octanol–water partition coefficient (Wildman–Crippen LogP) is 2.60. The first-order valence-corrected chi connectivity index (χ1v) is 9.38. The van der Waals surface area contributed by atoms with E-state index in [1.54, 1.807) is 14.2 Å². The van der Waals surface area contributed by atoms with Gasteiger partial charge in [0.25, 0.3) is 0 Å². The Morgan fingerprint density at radius 3 is 2.61 bits per heavy atom. The molecule has 1 aliphatic rings. The van der Waals surface area contributed by atoms with Crippen molar-refractivity contribution in [1.82, 2.24) is 9.80 Å². The molecule has 0 aromatic heterocycles. The fraction of sp³-hybridized carbons (Fsp3) is 0.409. The van der Waals surface area contributed by atoms with Gasteiger partial charge in [0.05, 0.1) is 27.2 Å². The number of para-hydroxylation sites is 1. The Kier molecular flexibility index (Phi) is 6.41. The Labute approximate surface area is 166 Å². The molecule has 1 amide bonds. The largest absolute Gasteiger partial charge is 0.493 e. The number of hydrogen-bond donors (Lipinski definition) is 0. The summed E-state index contributed by atoms with van der Waals surface area (Å²) in [5, 5.41) is 0. The van der Waals surface area contributed by atoms with Crippen LogP contribution in [0.5, 0.6) is 17.2 Å². The monoisotopic (exact) mass is 384 g/mol. The average Bonchev–Trinajstić information content (AvgIpc) is 2.86. The molecule has 0 aliphatic carbocycles. The van der Waals surface area contributed by atoms with Crippen LogP contribution in [0.3, 0.4) is 0 Å². The summed E-state index contributed by atoms with van der Waals surface area (Å²) in [6.07, 6.45) is 0.227. The van der Waals surface area contributed by atoms with Gasteiger partial charge in [0.15, 0.2) is 11.5 Å². The lowest BCUT2D eigenvalue weighted by atomic mass is 10.1. The van der Waals surface area contributed by atoms with E-state index in [1.807, 2.05) is 61.5 Å². The quantitative estimate of drug-likeness (QED) is 0.766. The fourth-order valence-electron chi connectivity index (χ4n) is 3.45. The van der Waals surface area contributed by atoms with E-state index in [0.29, 0.717) is 31.0 Å². The number of fused-ring (bicyclic) bond motifs is 1. The first-order chi connectivity index (χ1) is 13.5. The summed E-state index contributed by atoms with van der Waals surface area (Å²) in [7, 11) is 7.21. The second kappa shape index (κ2) is 8.97. The zero-order valence-electron chi connectivity index (χ0n) is 17.0. The molecule has 0 fully saturated rings. The number of carbonyl (C=O) groups is 1. The number of hydrogen-bond acceptors (Lipinski definition) is 5. The minimum atomic E-state index is -0.0759. The number of methoxy groups -OCH3 is 2. The van der Waals surface area contributed by atoms with E-state index in [1.165, 1.54) is 0 Å². The Morgan fingerprint density at radius 2 is 1.89 bits per heavy atom. The van der Waals surface area contributed by atoms with Crippen LogP contribution in [0.25, 0.3) is 0 Å². The Balaban J connectivity index is 1.79. The van der Waals surface area contributed by atoms with E-state index >= 15 is 0 Å². The molecule has 3 rings (SSSR count). The molecule has 0 N–H and O–H groups in total. The molecule has 0 unspecified atom stereocenters. The Morgan fingerprint density at radius 1 is 1.14 bits per heavy atom. The summed E-state index contributed by atoms with van der Waals surface area (Å²) in [5.74, 6) is 2.21. The highest BCUT2D eigenvalue weighted by atomic mass is 16.5. The van der Waals surface area contributed by atoms with Gasteiger partial charge in [-0.05, 0) is 37.9 Å².